The van der Waals surface area contributed by atoms with Gasteiger partial charge in [0.15, 0.2) is 0 Å². The second-order valence-electron chi connectivity index (χ2n) is 5.69. The topological polar surface area (TPSA) is 24.9 Å². The van der Waals surface area contributed by atoms with Crippen LogP contribution in [-0.2, 0) is 6.42 Å². The van der Waals surface area contributed by atoms with Crippen LogP contribution in [0.15, 0.2) is 18.3 Å². The summed E-state index contributed by atoms with van der Waals surface area (Å²) in [6, 6.07) is 5.16. The molecule has 2 atom stereocenters. The standard InChI is InChI=1S/C15H22N2/c1-11(8-10-16-13-5-6-13)14-7-4-12-3-2-9-17-15(12)14/h2-3,9,11,13-14,16H,4-8,10H2,1H3. The van der Waals surface area contributed by atoms with E-state index in [9.17, 15) is 0 Å². The monoisotopic (exact) mass is 230 g/mol. The van der Waals surface area contributed by atoms with Gasteiger partial charge in [0.25, 0.3) is 0 Å². The zero-order valence-corrected chi connectivity index (χ0v) is 10.7. The van der Waals surface area contributed by atoms with Gasteiger partial charge < -0.3 is 5.32 Å². The molecule has 0 radical (unpaired) electrons. The average Bonchev–Trinajstić information content (AvgIpc) is 3.07. The summed E-state index contributed by atoms with van der Waals surface area (Å²) in [6.07, 6.45) is 8.55. The molecule has 1 aromatic heterocycles. The molecule has 0 aromatic carbocycles. The van der Waals surface area contributed by atoms with Gasteiger partial charge in [-0.05, 0) is 56.2 Å². The molecule has 17 heavy (non-hydrogen) atoms. The molecule has 2 aliphatic rings. The minimum absolute atomic E-state index is 0.701. The normalized spacial score (nSPS) is 24.6. The molecular formula is C15H22N2. The van der Waals surface area contributed by atoms with Gasteiger partial charge in [0, 0.05) is 23.9 Å². The predicted molar refractivity (Wildman–Crippen MR) is 70.1 cm³/mol. The molecule has 0 saturated heterocycles. The molecule has 92 valence electrons. The van der Waals surface area contributed by atoms with Crippen molar-refractivity contribution in [3.05, 3.63) is 29.6 Å². The molecule has 0 amide bonds. The number of nitrogens with zero attached hydrogens (tertiary/aromatic N) is 1. The van der Waals surface area contributed by atoms with Gasteiger partial charge in [0.2, 0.25) is 0 Å². The van der Waals surface area contributed by atoms with E-state index in [1.165, 1.54) is 49.9 Å². The highest BCUT2D eigenvalue weighted by Crippen LogP contribution is 2.37. The molecular weight excluding hydrogens is 208 g/mol. The summed E-state index contributed by atoms with van der Waals surface area (Å²) in [4.78, 5) is 4.60. The molecule has 0 bridgehead atoms. The van der Waals surface area contributed by atoms with Crippen molar-refractivity contribution in [3.63, 3.8) is 0 Å². The lowest BCUT2D eigenvalue weighted by Gasteiger charge is -2.19. The molecule has 2 nitrogen and oxygen atoms in total. The number of hydrogen-bond donors (Lipinski definition) is 1. The lowest BCUT2D eigenvalue weighted by atomic mass is 9.89. The van der Waals surface area contributed by atoms with Crippen LogP contribution in [0.4, 0.5) is 0 Å². The molecule has 1 fully saturated rings. The molecule has 2 heteroatoms. The largest absolute Gasteiger partial charge is 0.314 e. The van der Waals surface area contributed by atoms with Gasteiger partial charge >= 0.3 is 0 Å². The Hall–Kier alpha value is -0.890. The van der Waals surface area contributed by atoms with E-state index in [0.717, 1.165) is 12.0 Å². The minimum Gasteiger partial charge on any atom is -0.314 e. The molecule has 2 aliphatic carbocycles. The highest BCUT2D eigenvalue weighted by Gasteiger charge is 2.28. The fourth-order valence-corrected chi connectivity index (χ4v) is 3.00. The third-order valence-corrected chi connectivity index (χ3v) is 4.30. The number of pyridine rings is 1. The number of aromatic nitrogens is 1. The maximum atomic E-state index is 4.60. The molecule has 1 heterocycles. The van der Waals surface area contributed by atoms with Crippen molar-refractivity contribution in [2.24, 2.45) is 5.92 Å². The number of rotatable bonds is 5. The molecule has 1 N–H and O–H groups in total. The quantitative estimate of drug-likeness (QED) is 0.841. The average molecular weight is 230 g/mol. The first-order chi connectivity index (χ1) is 8.34. The third-order valence-electron chi connectivity index (χ3n) is 4.30. The second kappa shape index (κ2) is 4.77. The van der Waals surface area contributed by atoms with Gasteiger partial charge in [-0.2, -0.15) is 0 Å². The van der Waals surface area contributed by atoms with E-state index >= 15 is 0 Å². The predicted octanol–water partition coefficient (Wildman–Crippen LogP) is 2.89. The third kappa shape index (κ3) is 2.52. The van der Waals surface area contributed by atoms with E-state index in [0.29, 0.717) is 5.92 Å². The summed E-state index contributed by atoms with van der Waals surface area (Å²) in [5.74, 6) is 1.46. The SMILES string of the molecule is CC(CCNC1CC1)C1CCc2cccnc21. The molecule has 3 rings (SSSR count). The smallest absolute Gasteiger partial charge is 0.0469 e. The Balaban J connectivity index is 1.56. The Bertz CT molecular complexity index is 384. The molecule has 0 spiro atoms. The van der Waals surface area contributed by atoms with E-state index in [1.54, 1.807) is 0 Å². The van der Waals surface area contributed by atoms with E-state index in [2.05, 4.69) is 29.4 Å². The number of nitrogens with one attached hydrogen (secondary N) is 1. The van der Waals surface area contributed by atoms with Crippen LogP contribution in [0.2, 0.25) is 0 Å². The number of hydrogen-bond acceptors (Lipinski definition) is 2. The summed E-state index contributed by atoms with van der Waals surface area (Å²) in [5, 5.41) is 3.61. The first-order valence-corrected chi connectivity index (χ1v) is 7.02. The van der Waals surface area contributed by atoms with Crippen LogP contribution in [0, 0.1) is 5.92 Å². The first kappa shape index (κ1) is 11.2. The Morgan fingerprint density at radius 2 is 2.29 bits per heavy atom. The van der Waals surface area contributed by atoms with Crippen molar-refractivity contribution in [1.29, 1.82) is 0 Å². The van der Waals surface area contributed by atoms with E-state index in [4.69, 9.17) is 0 Å². The highest BCUT2D eigenvalue weighted by molar-refractivity contribution is 5.28. The van der Waals surface area contributed by atoms with Crippen LogP contribution in [-0.4, -0.2) is 17.6 Å². The van der Waals surface area contributed by atoms with Crippen molar-refractivity contribution in [3.8, 4) is 0 Å². The maximum Gasteiger partial charge on any atom is 0.0469 e. The molecule has 1 saturated carbocycles. The Morgan fingerprint density at radius 1 is 1.41 bits per heavy atom. The second-order valence-corrected chi connectivity index (χ2v) is 5.69. The van der Waals surface area contributed by atoms with E-state index in [1.807, 2.05) is 6.20 Å². The number of aryl methyl sites for hydroxylation is 1. The molecule has 0 aliphatic heterocycles. The Kier molecular flexibility index (Phi) is 3.15. The maximum absolute atomic E-state index is 4.60. The van der Waals surface area contributed by atoms with Gasteiger partial charge in [-0.1, -0.05) is 13.0 Å². The number of fused-ring (bicyclic) bond motifs is 1. The molecule has 2 unspecified atom stereocenters. The van der Waals surface area contributed by atoms with E-state index < -0.39 is 0 Å². The summed E-state index contributed by atoms with van der Waals surface area (Å²) >= 11 is 0. The van der Waals surface area contributed by atoms with Crippen LogP contribution in [0.3, 0.4) is 0 Å². The van der Waals surface area contributed by atoms with Crippen LogP contribution < -0.4 is 5.32 Å². The first-order valence-electron chi connectivity index (χ1n) is 7.02. The van der Waals surface area contributed by atoms with Crippen molar-refractivity contribution in [2.45, 2.75) is 51.0 Å². The summed E-state index contributed by atoms with van der Waals surface area (Å²) in [7, 11) is 0. The summed E-state index contributed by atoms with van der Waals surface area (Å²) in [6.45, 7) is 3.58. The lowest BCUT2D eigenvalue weighted by Crippen LogP contribution is -2.21. The summed E-state index contributed by atoms with van der Waals surface area (Å²) in [5.41, 5.74) is 2.87. The highest BCUT2D eigenvalue weighted by atomic mass is 14.9. The van der Waals surface area contributed by atoms with Crippen molar-refractivity contribution in [1.82, 2.24) is 10.3 Å². The minimum atomic E-state index is 0.701. The van der Waals surface area contributed by atoms with Crippen molar-refractivity contribution >= 4 is 0 Å². The van der Waals surface area contributed by atoms with E-state index in [-0.39, 0.29) is 0 Å². The van der Waals surface area contributed by atoms with Crippen molar-refractivity contribution in [2.75, 3.05) is 6.54 Å². The van der Waals surface area contributed by atoms with Crippen LogP contribution in [0.5, 0.6) is 0 Å². The Morgan fingerprint density at radius 3 is 3.12 bits per heavy atom. The van der Waals surface area contributed by atoms with Gasteiger partial charge in [-0.25, -0.2) is 0 Å². The van der Waals surface area contributed by atoms with Crippen LogP contribution >= 0.6 is 0 Å². The van der Waals surface area contributed by atoms with Crippen LogP contribution in [0.1, 0.15) is 49.8 Å². The molecule has 1 aromatic rings. The fraction of sp³-hybridized carbons (Fsp3) is 0.667. The van der Waals surface area contributed by atoms with Crippen LogP contribution in [0.25, 0.3) is 0 Å². The zero-order chi connectivity index (χ0) is 11.7. The van der Waals surface area contributed by atoms with Gasteiger partial charge in [0.1, 0.15) is 0 Å². The zero-order valence-electron chi connectivity index (χ0n) is 10.7. The van der Waals surface area contributed by atoms with Gasteiger partial charge in [-0.15, -0.1) is 0 Å². The lowest BCUT2D eigenvalue weighted by molar-refractivity contribution is 0.408. The van der Waals surface area contributed by atoms with Gasteiger partial charge in [0.05, 0.1) is 0 Å². The fourth-order valence-electron chi connectivity index (χ4n) is 3.00. The van der Waals surface area contributed by atoms with Gasteiger partial charge in [-0.3, -0.25) is 4.98 Å². The Labute approximate surface area is 104 Å². The summed E-state index contributed by atoms with van der Waals surface area (Å²) < 4.78 is 0. The van der Waals surface area contributed by atoms with Crippen molar-refractivity contribution < 1.29 is 0 Å².